The van der Waals surface area contributed by atoms with Crippen LogP contribution in [0.2, 0.25) is 0 Å². The van der Waals surface area contributed by atoms with Crippen LogP contribution in [-0.4, -0.2) is 22.8 Å². The minimum absolute atomic E-state index is 0.644. The summed E-state index contributed by atoms with van der Waals surface area (Å²) in [6, 6.07) is 4.76. The monoisotopic (exact) mass is 249 g/mol. The molecule has 0 unspecified atom stereocenters. The zero-order valence-corrected chi connectivity index (χ0v) is 10.4. The maximum atomic E-state index is 5.61. The first kappa shape index (κ1) is 10.9. The first-order valence-corrected chi connectivity index (χ1v) is 6.89. The Kier molecular flexibility index (Phi) is 3.20. The Morgan fingerprint density at radius 3 is 3.12 bits per heavy atom. The summed E-state index contributed by atoms with van der Waals surface area (Å²) >= 11 is 1.62. The molecule has 2 heterocycles. The van der Waals surface area contributed by atoms with Gasteiger partial charge in [-0.3, -0.25) is 0 Å². The first-order chi connectivity index (χ1) is 8.42. The largest absolute Gasteiger partial charge is 0.420 e. The third-order valence-electron chi connectivity index (χ3n) is 2.78. The minimum Gasteiger partial charge on any atom is -0.420 e. The molecule has 90 valence electrons. The average Bonchev–Trinajstić information content (AvgIpc) is 2.84. The van der Waals surface area contributed by atoms with E-state index in [2.05, 4.69) is 15.5 Å². The molecule has 2 aromatic heterocycles. The number of nitrogens with one attached hydrogen (secondary N) is 1. The Morgan fingerprint density at radius 2 is 2.35 bits per heavy atom. The topological polar surface area (TPSA) is 51.0 Å². The van der Waals surface area contributed by atoms with Gasteiger partial charge in [0.2, 0.25) is 5.89 Å². The van der Waals surface area contributed by atoms with Gasteiger partial charge < -0.3 is 9.73 Å². The fourth-order valence-electron chi connectivity index (χ4n) is 1.69. The predicted molar refractivity (Wildman–Crippen MR) is 67.0 cm³/mol. The van der Waals surface area contributed by atoms with Gasteiger partial charge in [-0.25, -0.2) is 0 Å². The van der Waals surface area contributed by atoms with Crippen molar-refractivity contribution < 1.29 is 4.42 Å². The van der Waals surface area contributed by atoms with Gasteiger partial charge in [-0.05, 0) is 37.3 Å². The van der Waals surface area contributed by atoms with Crippen molar-refractivity contribution in [1.82, 2.24) is 15.5 Å². The zero-order chi connectivity index (χ0) is 11.5. The van der Waals surface area contributed by atoms with Crippen molar-refractivity contribution in [1.29, 1.82) is 0 Å². The number of aromatic nitrogens is 2. The molecule has 0 saturated heterocycles. The van der Waals surface area contributed by atoms with Crippen LogP contribution < -0.4 is 5.32 Å². The van der Waals surface area contributed by atoms with E-state index < -0.39 is 0 Å². The van der Waals surface area contributed by atoms with Crippen LogP contribution in [0.25, 0.3) is 10.8 Å². The lowest BCUT2D eigenvalue weighted by Crippen LogP contribution is -2.17. The summed E-state index contributed by atoms with van der Waals surface area (Å²) in [5.41, 5.74) is 0. The molecular weight excluding hydrogens is 234 g/mol. The molecule has 4 nitrogen and oxygen atoms in total. The van der Waals surface area contributed by atoms with Gasteiger partial charge in [0, 0.05) is 12.5 Å². The second kappa shape index (κ2) is 4.98. The van der Waals surface area contributed by atoms with Crippen LogP contribution in [0.4, 0.5) is 0 Å². The second-order valence-corrected chi connectivity index (χ2v) is 5.26. The zero-order valence-electron chi connectivity index (χ0n) is 9.56. The van der Waals surface area contributed by atoms with Crippen LogP contribution in [0.15, 0.2) is 21.9 Å². The molecule has 1 N–H and O–H groups in total. The van der Waals surface area contributed by atoms with E-state index in [1.54, 1.807) is 11.3 Å². The van der Waals surface area contributed by atoms with Crippen LogP contribution >= 0.6 is 11.3 Å². The Bertz CT molecular complexity index is 462. The molecule has 0 bridgehead atoms. The molecule has 0 spiro atoms. The molecule has 3 rings (SSSR count). The SMILES string of the molecule is c1csc(-c2nnc(CCCNC3CC3)o2)c1. The Balaban J connectivity index is 1.50. The van der Waals surface area contributed by atoms with Crippen molar-refractivity contribution >= 4 is 11.3 Å². The first-order valence-electron chi connectivity index (χ1n) is 6.01. The van der Waals surface area contributed by atoms with E-state index in [1.807, 2.05) is 17.5 Å². The summed E-state index contributed by atoms with van der Waals surface area (Å²) in [5.74, 6) is 1.39. The Morgan fingerprint density at radius 1 is 1.41 bits per heavy atom. The third-order valence-corrected chi connectivity index (χ3v) is 3.63. The summed E-state index contributed by atoms with van der Waals surface area (Å²) in [6.45, 7) is 1.04. The van der Waals surface area contributed by atoms with Gasteiger partial charge in [0.25, 0.3) is 5.89 Å². The smallest absolute Gasteiger partial charge is 0.257 e. The molecule has 0 aliphatic heterocycles. The van der Waals surface area contributed by atoms with Gasteiger partial charge in [-0.1, -0.05) is 6.07 Å². The summed E-state index contributed by atoms with van der Waals surface area (Å²) in [7, 11) is 0. The number of thiophene rings is 1. The quantitative estimate of drug-likeness (QED) is 0.799. The predicted octanol–water partition coefficient (Wildman–Crippen LogP) is 2.48. The minimum atomic E-state index is 0.644. The van der Waals surface area contributed by atoms with Gasteiger partial charge in [-0.2, -0.15) is 0 Å². The molecule has 0 amide bonds. The summed E-state index contributed by atoms with van der Waals surface area (Å²) in [4.78, 5) is 1.04. The van der Waals surface area contributed by atoms with Gasteiger partial charge in [0.05, 0.1) is 4.88 Å². The van der Waals surface area contributed by atoms with Crippen LogP contribution in [0.5, 0.6) is 0 Å². The van der Waals surface area contributed by atoms with Crippen molar-refractivity contribution in [2.24, 2.45) is 0 Å². The molecule has 0 atom stereocenters. The van der Waals surface area contributed by atoms with Crippen molar-refractivity contribution in [3.8, 4) is 10.8 Å². The molecular formula is C12H15N3OS. The lowest BCUT2D eigenvalue weighted by atomic mass is 10.3. The van der Waals surface area contributed by atoms with E-state index in [9.17, 15) is 0 Å². The van der Waals surface area contributed by atoms with Crippen molar-refractivity contribution in [2.45, 2.75) is 31.7 Å². The van der Waals surface area contributed by atoms with Crippen LogP contribution in [0, 0.1) is 0 Å². The van der Waals surface area contributed by atoms with E-state index >= 15 is 0 Å². The highest BCUT2D eigenvalue weighted by Crippen LogP contribution is 2.23. The average molecular weight is 249 g/mol. The highest BCUT2D eigenvalue weighted by atomic mass is 32.1. The standard InChI is InChI=1S/C12H15N3OS/c1(7-13-9-5-6-9)4-11-14-15-12(16-11)10-3-2-8-17-10/h2-3,8-9,13H,1,4-7H2. The molecule has 1 aliphatic rings. The number of hydrogen-bond acceptors (Lipinski definition) is 5. The van der Waals surface area contributed by atoms with Crippen molar-refractivity contribution in [3.05, 3.63) is 23.4 Å². The summed E-state index contributed by atoms with van der Waals surface area (Å²) in [5, 5.41) is 13.6. The highest BCUT2D eigenvalue weighted by Gasteiger charge is 2.19. The summed E-state index contributed by atoms with van der Waals surface area (Å²) < 4.78 is 5.61. The molecule has 2 aromatic rings. The maximum absolute atomic E-state index is 5.61. The van der Waals surface area contributed by atoms with E-state index in [4.69, 9.17) is 4.42 Å². The van der Waals surface area contributed by atoms with Gasteiger partial charge in [0.1, 0.15) is 0 Å². The molecule has 1 fully saturated rings. The summed E-state index contributed by atoms with van der Waals surface area (Å²) in [6.07, 6.45) is 4.59. The second-order valence-electron chi connectivity index (χ2n) is 4.31. The van der Waals surface area contributed by atoms with Crippen LogP contribution in [-0.2, 0) is 6.42 Å². The van der Waals surface area contributed by atoms with E-state index in [1.165, 1.54) is 12.8 Å². The van der Waals surface area contributed by atoms with Crippen molar-refractivity contribution in [3.63, 3.8) is 0 Å². The molecule has 5 heteroatoms. The van der Waals surface area contributed by atoms with E-state index in [0.29, 0.717) is 5.89 Å². The molecule has 1 saturated carbocycles. The Hall–Kier alpha value is -1.20. The molecule has 0 aromatic carbocycles. The van der Waals surface area contributed by atoms with E-state index in [0.717, 1.165) is 36.2 Å². The van der Waals surface area contributed by atoms with Gasteiger partial charge >= 0.3 is 0 Å². The lowest BCUT2D eigenvalue weighted by Gasteiger charge is -1.99. The van der Waals surface area contributed by atoms with E-state index in [-0.39, 0.29) is 0 Å². The van der Waals surface area contributed by atoms with Gasteiger partial charge in [0.15, 0.2) is 0 Å². The number of aryl methyl sites for hydroxylation is 1. The van der Waals surface area contributed by atoms with Crippen LogP contribution in [0.1, 0.15) is 25.2 Å². The number of nitrogens with zero attached hydrogens (tertiary/aromatic N) is 2. The number of hydrogen-bond donors (Lipinski definition) is 1. The van der Waals surface area contributed by atoms with Crippen molar-refractivity contribution in [2.75, 3.05) is 6.54 Å². The fourth-order valence-corrected chi connectivity index (χ4v) is 2.33. The maximum Gasteiger partial charge on any atom is 0.257 e. The normalized spacial score (nSPS) is 15.3. The van der Waals surface area contributed by atoms with Crippen LogP contribution in [0.3, 0.4) is 0 Å². The highest BCUT2D eigenvalue weighted by molar-refractivity contribution is 7.13. The Labute approximate surface area is 104 Å². The molecule has 17 heavy (non-hydrogen) atoms. The fraction of sp³-hybridized carbons (Fsp3) is 0.500. The molecule has 0 radical (unpaired) electrons. The third kappa shape index (κ3) is 2.92. The van der Waals surface area contributed by atoms with Gasteiger partial charge in [-0.15, -0.1) is 21.5 Å². The molecule has 1 aliphatic carbocycles. The lowest BCUT2D eigenvalue weighted by molar-refractivity contribution is 0.491. The number of rotatable bonds is 6.